The van der Waals surface area contributed by atoms with Gasteiger partial charge >= 0.3 is 0 Å². The normalized spacial score (nSPS) is 13.3. The van der Waals surface area contributed by atoms with Crippen LogP contribution in [0.4, 0.5) is 8.78 Å². The Morgan fingerprint density at radius 3 is 2.54 bits per heavy atom. The van der Waals surface area contributed by atoms with Gasteiger partial charge in [-0.15, -0.1) is 0 Å². The van der Waals surface area contributed by atoms with Gasteiger partial charge in [-0.3, -0.25) is 4.98 Å². The van der Waals surface area contributed by atoms with Gasteiger partial charge in [-0.25, -0.2) is 8.78 Å². The van der Waals surface area contributed by atoms with E-state index in [0.29, 0.717) is 0 Å². The fraction of sp³-hybridized carbons (Fsp3) is 0.375. The predicted molar refractivity (Wildman–Crippen MR) is 43.2 cm³/mol. The number of aromatic nitrogens is 1. The first kappa shape index (κ1) is 10.0. The molecule has 3 N–H and O–H groups in total. The van der Waals surface area contributed by atoms with Gasteiger partial charge < -0.3 is 10.8 Å². The van der Waals surface area contributed by atoms with E-state index in [1.807, 2.05) is 0 Å². The van der Waals surface area contributed by atoms with Crippen molar-refractivity contribution >= 4 is 0 Å². The number of pyridine rings is 1. The second-order valence-electron chi connectivity index (χ2n) is 2.58. The van der Waals surface area contributed by atoms with Crippen LogP contribution in [0, 0.1) is 0 Å². The third kappa shape index (κ3) is 2.43. The van der Waals surface area contributed by atoms with Gasteiger partial charge in [-0.05, 0) is 12.1 Å². The Morgan fingerprint density at radius 1 is 1.38 bits per heavy atom. The molecule has 72 valence electrons. The maximum atomic E-state index is 12.1. The van der Waals surface area contributed by atoms with E-state index in [9.17, 15) is 8.78 Å². The second kappa shape index (κ2) is 4.25. The van der Waals surface area contributed by atoms with E-state index in [-0.39, 0.29) is 18.0 Å². The van der Waals surface area contributed by atoms with Crippen molar-refractivity contribution < 1.29 is 13.9 Å². The van der Waals surface area contributed by atoms with Crippen LogP contribution in [0.5, 0.6) is 0 Å². The Bertz CT molecular complexity index is 281. The molecule has 0 aliphatic carbocycles. The van der Waals surface area contributed by atoms with Crippen molar-refractivity contribution in [3.8, 4) is 0 Å². The van der Waals surface area contributed by atoms with Gasteiger partial charge in [0.15, 0.2) is 0 Å². The minimum Gasteiger partial charge on any atom is -0.394 e. The van der Waals surface area contributed by atoms with Gasteiger partial charge in [0.2, 0.25) is 0 Å². The van der Waals surface area contributed by atoms with E-state index in [1.165, 1.54) is 18.2 Å². The topological polar surface area (TPSA) is 59.1 Å². The van der Waals surface area contributed by atoms with Gasteiger partial charge in [0.1, 0.15) is 5.69 Å². The molecule has 1 aromatic heterocycles. The molecule has 0 fully saturated rings. The first-order valence-corrected chi connectivity index (χ1v) is 3.76. The summed E-state index contributed by atoms with van der Waals surface area (Å²) >= 11 is 0. The molecule has 0 saturated heterocycles. The molecule has 1 aromatic rings. The molecule has 1 atom stereocenters. The van der Waals surface area contributed by atoms with Crippen LogP contribution < -0.4 is 5.73 Å². The lowest BCUT2D eigenvalue weighted by Gasteiger charge is -2.08. The molecule has 1 heterocycles. The number of aliphatic hydroxyl groups is 1. The van der Waals surface area contributed by atoms with Crippen molar-refractivity contribution in [2.24, 2.45) is 5.73 Å². The molecule has 13 heavy (non-hydrogen) atoms. The lowest BCUT2D eigenvalue weighted by molar-refractivity contribution is 0.145. The molecule has 1 rings (SSSR count). The van der Waals surface area contributed by atoms with Crippen LogP contribution in [-0.4, -0.2) is 16.7 Å². The van der Waals surface area contributed by atoms with Crippen molar-refractivity contribution in [3.63, 3.8) is 0 Å². The van der Waals surface area contributed by atoms with Gasteiger partial charge in [0, 0.05) is 0 Å². The number of hydrogen-bond acceptors (Lipinski definition) is 3. The largest absolute Gasteiger partial charge is 0.394 e. The number of aliphatic hydroxyl groups excluding tert-OH is 1. The van der Waals surface area contributed by atoms with E-state index >= 15 is 0 Å². The Balaban J connectivity index is 2.91. The van der Waals surface area contributed by atoms with Crippen molar-refractivity contribution in [2.75, 3.05) is 6.61 Å². The standard InChI is InChI=1S/C8H10F2N2O/c9-8(10)7-3-1-2-6(12-7)5(11)4-13/h1-3,5,8,13H,4,11H2/t5-/m1/s1. The molecule has 5 heteroatoms. The molecule has 0 amide bonds. The van der Waals surface area contributed by atoms with Crippen molar-refractivity contribution in [1.29, 1.82) is 0 Å². The minimum absolute atomic E-state index is 0.278. The van der Waals surface area contributed by atoms with E-state index in [1.54, 1.807) is 0 Å². The third-order valence-electron chi connectivity index (χ3n) is 1.59. The van der Waals surface area contributed by atoms with Crippen LogP contribution in [0.3, 0.4) is 0 Å². The summed E-state index contributed by atoms with van der Waals surface area (Å²) in [6, 6.07) is 3.48. The van der Waals surface area contributed by atoms with E-state index in [2.05, 4.69) is 4.98 Å². The fourth-order valence-corrected chi connectivity index (χ4v) is 0.890. The number of alkyl halides is 2. The molecule has 0 radical (unpaired) electrons. The summed E-state index contributed by atoms with van der Waals surface area (Å²) in [6.07, 6.45) is -2.61. The maximum Gasteiger partial charge on any atom is 0.280 e. The van der Waals surface area contributed by atoms with Crippen LogP contribution >= 0.6 is 0 Å². The molecular weight excluding hydrogens is 178 g/mol. The Labute approximate surface area is 74.2 Å². The predicted octanol–water partition coefficient (Wildman–Crippen LogP) is 1.01. The number of nitrogens with two attached hydrogens (primary N) is 1. The first-order chi connectivity index (χ1) is 6.15. The van der Waals surface area contributed by atoms with E-state index in [4.69, 9.17) is 10.8 Å². The zero-order chi connectivity index (χ0) is 9.84. The van der Waals surface area contributed by atoms with Crippen molar-refractivity contribution in [1.82, 2.24) is 4.98 Å². The average molecular weight is 188 g/mol. The quantitative estimate of drug-likeness (QED) is 0.744. The van der Waals surface area contributed by atoms with Crippen LogP contribution in [-0.2, 0) is 0 Å². The summed E-state index contributed by atoms with van der Waals surface area (Å²) in [5.74, 6) is 0. The highest BCUT2D eigenvalue weighted by Gasteiger charge is 2.11. The Morgan fingerprint density at radius 2 is 2.00 bits per heavy atom. The molecule has 0 aromatic carbocycles. The van der Waals surface area contributed by atoms with Gasteiger partial charge in [0.25, 0.3) is 6.43 Å². The number of rotatable bonds is 3. The summed E-state index contributed by atoms with van der Waals surface area (Å²) in [7, 11) is 0. The Kier molecular flexibility index (Phi) is 3.27. The fourth-order valence-electron chi connectivity index (χ4n) is 0.890. The van der Waals surface area contributed by atoms with Crippen LogP contribution in [0.15, 0.2) is 18.2 Å². The first-order valence-electron chi connectivity index (χ1n) is 3.76. The smallest absolute Gasteiger partial charge is 0.280 e. The minimum atomic E-state index is -2.61. The second-order valence-corrected chi connectivity index (χ2v) is 2.58. The molecule has 0 aliphatic rings. The van der Waals surface area contributed by atoms with Gasteiger partial charge in [-0.2, -0.15) is 0 Å². The monoisotopic (exact) mass is 188 g/mol. The lowest BCUT2D eigenvalue weighted by Crippen LogP contribution is -2.16. The summed E-state index contributed by atoms with van der Waals surface area (Å²) in [6.45, 7) is -0.306. The van der Waals surface area contributed by atoms with Crippen LogP contribution in [0.25, 0.3) is 0 Å². The zero-order valence-electron chi connectivity index (χ0n) is 6.82. The maximum absolute atomic E-state index is 12.1. The third-order valence-corrected chi connectivity index (χ3v) is 1.59. The highest BCUT2D eigenvalue weighted by Crippen LogP contribution is 2.17. The van der Waals surface area contributed by atoms with Crippen LogP contribution in [0.1, 0.15) is 23.9 Å². The molecule has 0 bridgehead atoms. The van der Waals surface area contributed by atoms with Crippen molar-refractivity contribution in [3.05, 3.63) is 29.6 Å². The highest BCUT2D eigenvalue weighted by atomic mass is 19.3. The summed E-state index contributed by atoms with van der Waals surface area (Å²) in [5.41, 5.74) is 5.37. The number of nitrogens with zero attached hydrogens (tertiary/aromatic N) is 1. The molecule has 0 unspecified atom stereocenters. The Hall–Kier alpha value is -1.07. The molecule has 0 aliphatic heterocycles. The van der Waals surface area contributed by atoms with Gasteiger partial charge in [-0.1, -0.05) is 6.07 Å². The molecule has 3 nitrogen and oxygen atoms in total. The molecular formula is C8H10F2N2O. The molecule has 0 saturated carbocycles. The highest BCUT2D eigenvalue weighted by molar-refractivity contribution is 5.14. The van der Waals surface area contributed by atoms with E-state index in [0.717, 1.165) is 0 Å². The SMILES string of the molecule is N[C@H](CO)c1cccc(C(F)F)n1. The molecule has 0 spiro atoms. The lowest BCUT2D eigenvalue weighted by atomic mass is 10.2. The zero-order valence-corrected chi connectivity index (χ0v) is 6.82. The number of halogens is 2. The van der Waals surface area contributed by atoms with Crippen LogP contribution in [0.2, 0.25) is 0 Å². The summed E-state index contributed by atoms with van der Waals surface area (Å²) in [5, 5.41) is 8.67. The summed E-state index contributed by atoms with van der Waals surface area (Å²) in [4.78, 5) is 3.61. The van der Waals surface area contributed by atoms with E-state index < -0.39 is 12.5 Å². The van der Waals surface area contributed by atoms with Gasteiger partial charge in [0.05, 0.1) is 18.3 Å². The van der Waals surface area contributed by atoms with Crippen molar-refractivity contribution in [2.45, 2.75) is 12.5 Å². The summed E-state index contributed by atoms with van der Waals surface area (Å²) < 4.78 is 24.3. The number of hydrogen-bond donors (Lipinski definition) is 2. The average Bonchev–Trinajstić information content (AvgIpc) is 2.17.